The SMILES string of the molecule is C[C@]1(N(CCNS(=O)(=O)c2cc(C(=O)O)ccc2Cl)S(=O)(=O)c2cc(C(=O)O)ccc2Cl)CCS(=O)(=O)C1. The fourth-order valence-electron chi connectivity index (χ4n) is 4.02. The van der Waals surface area contributed by atoms with Crippen LogP contribution in [0.15, 0.2) is 46.2 Å². The van der Waals surface area contributed by atoms with E-state index in [-0.39, 0.29) is 33.3 Å². The number of nitrogens with one attached hydrogen (secondary N) is 1. The lowest BCUT2D eigenvalue weighted by molar-refractivity contribution is 0.0685. The van der Waals surface area contributed by atoms with Crippen molar-refractivity contribution in [2.24, 2.45) is 0 Å². The lowest BCUT2D eigenvalue weighted by Gasteiger charge is -2.36. The number of aromatic carboxylic acids is 2. The second-order valence-corrected chi connectivity index (χ2v) is 15.3. The van der Waals surface area contributed by atoms with Gasteiger partial charge in [0, 0.05) is 18.6 Å². The fourth-order valence-corrected chi connectivity index (χ4v) is 10.1. The van der Waals surface area contributed by atoms with Crippen LogP contribution in [-0.2, 0) is 29.9 Å². The average molecular weight is 630 g/mol. The molecular weight excluding hydrogens is 607 g/mol. The summed E-state index contributed by atoms with van der Waals surface area (Å²) in [5.74, 6) is -3.70. The van der Waals surface area contributed by atoms with Gasteiger partial charge in [0.2, 0.25) is 20.0 Å². The third-order valence-electron chi connectivity index (χ3n) is 5.91. The maximum atomic E-state index is 13.7. The van der Waals surface area contributed by atoms with Gasteiger partial charge >= 0.3 is 11.9 Å². The van der Waals surface area contributed by atoms with Crippen LogP contribution in [0.25, 0.3) is 0 Å². The largest absolute Gasteiger partial charge is 0.478 e. The Morgan fingerprint density at radius 1 is 0.974 bits per heavy atom. The first-order valence-electron chi connectivity index (χ1n) is 10.7. The minimum Gasteiger partial charge on any atom is -0.478 e. The van der Waals surface area contributed by atoms with E-state index in [1.807, 2.05) is 0 Å². The molecule has 0 radical (unpaired) electrons. The number of nitrogens with zero attached hydrogens (tertiary/aromatic N) is 1. The summed E-state index contributed by atoms with van der Waals surface area (Å²) in [7, 11) is -12.7. The molecule has 0 aliphatic carbocycles. The van der Waals surface area contributed by atoms with E-state index in [0.717, 1.165) is 40.7 Å². The van der Waals surface area contributed by atoms with Gasteiger partial charge in [-0.2, -0.15) is 4.31 Å². The molecule has 2 aromatic carbocycles. The molecule has 1 aliphatic rings. The Balaban J connectivity index is 1.99. The zero-order valence-electron chi connectivity index (χ0n) is 19.6. The second kappa shape index (κ2) is 10.7. The van der Waals surface area contributed by atoms with Crippen molar-refractivity contribution < 1.29 is 45.1 Å². The summed E-state index contributed by atoms with van der Waals surface area (Å²) in [5.41, 5.74) is -2.24. The van der Waals surface area contributed by atoms with Gasteiger partial charge in [-0.25, -0.2) is 39.6 Å². The highest BCUT2D eigenvalue weighted by Gasteiger charge is 2.48. The number of rotatable bonds is 10. The van der Waals surface area contributed by atoms with Gasteiger partial charge in [-0.05, 0) is 49.7 Å². The van der Waals surface area contributed by atoms with Gasteiger partial charge in [0.05, 0.1) is 32.7 Å². The molecule has 12 nitrogen and oxygen atoms in total. The van der Waals surface area contributed by atoms with E-state index in [1.54, 1.807) is 0 Å². The molecule has 1 atom stereocenters. The molecule has 1 aliphatic heterocycles. The zero-order valence-corrected chi connectivity index (χ0v) is 23.5. The van der Waals surface area contributed by atoms with E-state index in [1.165, 1.54) is 6.92 Å². The van der Waals surface area contributed by atoms with Crippen molar-refractivity contribution >= 4 is 65.0 Å². The van der Waals surface area contributed by atoms with Crippen molar-refractivity contribution in [2.45, 2.75) is 28.7 Å². The minimum atomic E-state index is -4.65. The first kappa shape index (κ1) is 30.3. The number of hydrogen-bond acceptors (Lipinski definition) is 8. The van der Waals surface area contributed by atoms with E-state index in [9.17, 15) is 39.9 Å². The molecular formula is C21H22Cl2N2O10S3. The zero-order chi connectivity index (χ0) is 28.7. The van der Waals surface area contributed by atoms with Crippen molar-refractivity contribution in [3.8, 4) is 0 Å². The molecule has 1 saturated heterocycles. The Kier molecular flexibility index (Phi) is 8.54. The van der Waals surface area contributed by atoms with E-state index >= 15 is 0 Å². The summed E-state index contributed by atoms with van der Waals surface area (Å²) in [4.78, 5) is 21.5. The van der Waals surface area contributed by atoms with Crippen LogP contribution in [0.3, 0.4) is 0 Å². The van der Waals surface area contributed by atoms with Gasteiger partial charge in [0.15, 0.2) is 9.84 Å². The van der Waals surface area contributed by atoms with Crippen LogP contribution in [-0.4, -0.2) is 81.8 Å². The predicted octanol–water partition coefficient (Wildman–Crippen LogP) is 1.94. The Bertz CT molecular complexity index is 1630. The predicted molar refractivity (Wildman–Crippen MR) is 138 cm³/mol. The molecule has 0 spiro atoms. The minimum absolute atomic E-state index is 0.107. The van der Waals surface area contributed by atoms with E-state index in [4.69, 9.17) is 28.3 Å². The monoisotopic (exact) mass is 628 g/mol. The first-order chi connectivity index (χ1) is 17.4. The standard InChI is InChI=1S/C21H22Cl2N2O10S3/c1-21(6-9-36(30,31)12-21)25(38(34,35)18-11-14(20(28)29)3-5-16(18)23)8-7-24-37(32,33)17-10-13(19(26)27)2-4-15(17)22/h2-5,10-11,24H,6-9,12H2,1H3,(H,26,27)(H,28,29)/t21-/m0/s1. The Morgan fingerprint density at radius 3 is 1.95 bits per heavy atom. The van der Waals surface area contributed by atoms with Crippen molar-refractivity contribution in [3.05, 3.63) is 57.6 Å². The van der Waals surface area contributed by atoms with Gasteiger partial charge in [-0.1, -0.05) is 23.2 Å². The molecule has 1 fully saturated rings. The Morgan fingerprint density at radius 2 is 1.47 bits per heavy atom. The first-order valence-corrected chi connectivity index (χ1v) is 16.2. The molecule has 0 aromatic heterocycles. The Labute approximate surface area is 229 Å². The number of carboxylic acids is 2. The summed E-state index contributed by atoms with van der Waals surface area (Å²) in [6.07, 6.45) is -0.107. The molecule has 208 valence electrons. The number of halogens is 2. The molecule has 3 N–H and O–H groups in total. The summed E-state index contributed by atoms with van der Waals surface area (Å²) >= 11 is 12.0. The number of hydrogen-bond donors (Lipinski definition) is 3. The van der Waals surface area contributed by atoms with Crippen LogP contribution < -0.4 is 4.72 Å². The summed E-state index contributed by atoms with van der Waals surface area (Å²) in [6, 6.07) is 6.03. The van der Waals surface area contributed by atoms with E-state index < -0.39 is 76.0 Å². The third-order valence-corrected chi connectivity index (χ3v) is 12.3. The number of sulfone groups is 1. The number of sulfonamides is 2. The number of carbonyl (C=O) groups is 2. The van der Waals surface area contributed by atoms with Gasteiger partial charge < -0.3 is 10.2 Å². The lowest BCUT2D eigenvalue weighted by Crippen LogP contribution is -2.53. The summed E-state index contributed by atoms with van der Waals surface area (Å²) < 4.78 is 80.7. The average Bonchev–Trinajstić information content (AvgIpc) is 3.09. The van der Waals surface area contributed by atoms with Gasteiger partial charge in [-0.3, -0.25) is 0 Å². The van der Waals surface area contributed by atoms with E-state index in [2.05, 4.69) is 4.72 Å². The van der Waals surface area contributed by atoms with E-state index in [0.29, 0.717) is 0 Å². The molecule has 17 heteroatoms. The van der Waals surface area contributed by atoms with Crippen molar-refractivity contribution in [2.75, 3.05) is 24.6 Å². The highest BCUT2D eigenvalue weighted by atomic mass is 35.5. The topological polar surface area (TPSA) is 192 Å². The quantitative estimate of drug-likeness (QED) is 0.350. The lowest BCUT2D eigenvalue weighted by atomic mass is 10.0. The molecule has 38 heavy (non-hydrogen) atoms. The third kappa shape index (κ3) is 6.30. The number of carboxylic acid groups (broad SMARTS) is 2. The van der Waals surface area contributed by atoms with Gasteiger partial charge in [-0.15, -0.1) is 0 Å². The highest BCUT2D eigenvalue weighted by molar-refractivity contribution is 7.92. The van der Waals surface area contributed by atoms with Crippen molar-refractivity contribution in [3.63, 3.8) is 0 Å². The van der Waals surface area contributed by atoms with Gasteiger partial charge in [0.25, 0.3) is 0 Å². The molecule has 0 bridgehead atoms. The molecule has 0 amide bonds. The molecule has 2 aromatic rings. The second-order valence-electron chi connectivity index (χ2n) is 8.71. The molecule has 0 saturated carbocycles. The van der Waals surface area contributed by atoms with Crippen LogP contribution in [0.5, 0.6) is 0 Å². The van der Waals surface area contributed by atoms with Crippen LogP contribution in [0, 0.1) is 0 Å². The van der Waals surface area contributed by atoms with Crippen molar-refractivity contribution in [1.82, 2.24) is 9.03 Å². The maximum absolute atomic E-state index is 13.7. The maximum Gasteiger partial charge on any atom is 0.335 e. The molecule has 0 unspecified atom stereocenters. The Hall–Kier alpha value is -2.27. The summed E-state index contributed by atoms with van der Waals surface area (Å²) in [5, 5.41) is 17.9. The van der Waals surface area contributed by atoms with Crippen molar-refractivity contribution in [1.29, 1.82) is 0 Å². The highest BCUT2D eigenvalue weighted by Crippen LogP contribution is 2.36. The molecule has 3 rings (SSSR count). The van der Waals surface area contributed by atoms with Gasteiger partial charge in [0.1, 0.15) is 9.79 Å². The van der Waals surface area contributed by atoms with Crippen LogP contribution in [0.1, 0.15) is 34.1 Å². The van der Waals surface area contributed by atoms with Crippen LogP contribution in [0.2, 0.25) is 10.0 Å². The fraction of sp³-hybridized carbons (Fsp3) is 0.333. The van der Waals surface area contributed by atoms with Crippen LogP contribution >= 0.6 is 23.2 Å². The smallest absolute Gasteiger partial charge is 0.335 e. The molecule has 1 heterocycles. The normalized spacial score (nSPS) is 19.5. The number of benzene rings is 2. The van der Waals surface area contributed by atoms with Crippen LogP contribution in [0.4, 0.5) is 0 Å². The summed E-state index contributed by atoms with van der Waals surface area (Å²) in [6.45, 7) is 0.240.